The largest absolute Gasteiger partial charge is 0.573 e. The number of hydrogen-bond acceptors (Lipinski definition) is 3. The number of hydrogen-bond donors (Lipinski definition) is 2. The van der Waals surface area contributed by atoms with Crippen molar-refractivity contribution in [3.05, 3.63) is 28.2 Å². The van der Waals surface area contributed by atoms with Crippen LogP contribution in [-0.2, 0) is 0 Å². The van der Waals surface area contributed by atoms with Crippen molar-refractivity contribution in [3.63, 3.8) is 0 Å². The van der Waals surface area contributed by atoms with E-state index in [-0.39, 0.29) is 11.3 Å². The van der Waals surface area contributed by atoms with Crippen molar-refractivity contribution < 1.29 is 17.9 Å². The van der Waals surface area contributed by atoms with Crippen LogP contribution in [0.1, 0.15) is 18.0 Å². The van der Waals surface area contributed by atoms with E-state index in [1.807, 2.05) is 0 Å². The molecule has 3 nitrogen and oxygen atoms in total. The lowest BCUT2D eigenvalue weighted by Gasteiger charge is -2.17. The van der Waals surface area contributed by atoms with Gasteiger partial charge < -0.3 is 16.2 Å². The van der Waals surface area contributed by atoms with E-state index in [9.17, 15) is 13.2 Å². The fraction of sp³-hybridized carbons (Fsp3) is 0.400. The summed E-state index contributed by atoms with van der Waals surface area (Å²) in [6.45, 7) is 0.291. The third-order valence-electron chi connectivity index (χ3n) is 2.07. The van der Waals surface area contributed by atoms with Crippen molar-refractivity contribution in [1.82, 2.24) is 0 Å². The topological polar surface area (TPSA) is 61.3 Å². The van der Waals surface area contributed by atoms with Gasteiger partial charge in [-0.2, -0.15) is 0 Å². The van der Waals surface area contributed by atoms with E-state index in [2.05, 4.69) is 20.7 Å². The minimum absolute atomic E-state index is 0.280. The molecule has 1 atom stereocenters. The molecule has 1 aromatic carbocycles. The molecule has 0 bridgehead atoms. The molecule has 17 heavy (non-hydrogen) atoms. The highest BCUT2D eigenvalue weighted by Crippen LogP contribution is 2.32. The zero-order valence-electron chi connectivity index (χ0n) is 8.80. The van der Waals surface area contributed by atoms with Gasteiger partial charge in [-0.1, -0.05) is 15.9 Å². The molecule has 0 amide bonds. The first kappa shape index (κ1) is 14.3. The van der Waals surface area contributed by atoms with Gasteiger partial charge in [0.25, 0.3) is 0 Å². The molecule has 4 N–H and O–H groups in total. The lowest BCUT2D eigenvalue weighted by molar-refractivity contribution is -0.275. The van der Waals surface area contributed by atoms with Crippen molar-refractivity contribution in [2.24, 2.45) is 11.5 Å². The maximum absolute atomic E-state index is 12.2. The third kappa shape index (κ3) is 4.53. The minimum Gasteiger partial charge on any atom is -0.405 e. The Morgan fingerprint density at radius 1 is 1.35 bits per heavy atom. The summed E-state index contributed by atoms with van der Waals surface area (Å²) in [4.78, 5) is 0. The molecule has 0 saturated heterocycles. The highest BCUT2D eigenvalue weighted by Gasteiger charge is 2.32. The van der Waals surface area contributed by atoms with E-state index < -0.39 is 12.4 Å². The Kier molecular flexibility index (Phi) is 4.79. The Morgan fingerprint density at radius 3 is 2.53 bits per heavy atom. The first-order chi connectivity index (χ1) is 7.83. The zero-order valence-corrected chi connectivity index (χ0v) is 10.4. The number of benzene rings is 1. The third-order valence-corrected chi connectivity index (χ3v) is 2.57. The van der Waals surface area contributed by atoms with Crippen molar-refractivity contribution in [2.45, 2.75) is 18.8 Å². The van der Waals surface area contributed by atoms with E-state index in [1.54, 1.807) is 0 Å². The number of alkyl halides is 3. The monoisotopic (exact) mass is 312 g/mol. The Morgan fingerprint density at radius 2 is 2.00 bits per heavy atom. The molecule has 0 heterocycles. The van der Waals surface area contributed by atoms with Crippen LogP contribution < -0.4 is 16.2 Å². The molecule has 0 unspecified atom stereocenters. The highest BCUT2D eigenvalue weighted by atomic mass is 79.9. The smallest absolute Gasteiger partial charge is 0.405 e. The maximum Gasteiger partial charge on any atom is 0.573 e. The molecule has 0 saturated carbocycles. The van der Waals surface area contributed by atoms with Crippen molar-refractivity contribution in [3.8, 4) is 5.75 Å². The van der Waals surface area contributed by atoms with Crippen LogP contribution in [0.4, 0.5) is 13.2 Å². The Bertz CT molecular complexity index is 384. The zero-order chi connectivity index (χ0) is 13.1. The summed E-state index contributed by atoms with van der Waals surface area (Å²) in [7, 11) is 0. The molecule has 1 aromatic rings. The number of rotatable bonds is 4. The number of ether oxygens (including phenoxy) is 1. The molecule has 0 aliphatic carbocycles. The van der Waals surface area contributed by atoms with Crippen molar-refractivity contribution >= 4 is 15.9 Å². The molecular formula is C10H12BrF3N2O. The van der Waals surface area contributed by atoms with Gasteiger partial charge in [-0.3, -0.25) is 0 Å². The molecule has 0 spiro atoms. The molecule has 7 heteroatoms. The van der Waals surface area contributed by atoms with Crippen LogP contribution in [0.15, 0.2) is 22.7 Å². The second kappa shape index (κ2) is 5.70. The molecular weight excluding hydrogens is 301 g/mol. The number of halogens is 4. The van der Waals surface area contributed by atoms with Gasteiger partial charge in [0.2, 0.25) is 0 Å². The predicted octanol–water partition coefficient (Wildman–Crippen LogP) is 2.70. The van der Waals surface area contributed by atoms with E-state index in [0.29, 0.717) is 17.4 Å². The summed E-state index contributed by atoms with van der Waals surface area (Å²) in [5, 5.41) is 0. The molecule has 0 aliphatic heterocycles. The van der Waals surface area contributed by atoms with Crippen LogP contribution in [0.5, 0.6) is 5.75 Å². The molecule has 0 aliphatic rings. The van der Waals surface area contributed by atoms with Crippen LogP contribution >= 0.6 is 15.9 Å². The Labute approximate surface area is 105 Å². The summed E-state index contributed by atoms with van der Waals surface area (Å²) in [6, 6.07) is 3.60. The average Bonchev–Trinajstić information content (AvgIpc) is 2.19. The van der Waals surface area contributed by atoms with Crippen LogP contribution in [-0.4, -0.2) is 12.9 Å². The van der Waals surface area contributed by atoms with Gasteiger partial charge in [-0.15, -0.1) is 13.2 Å². The predicted molar refractivity (Wildman–Crippen MR) is 61.4 cm³/mol. The van der Waals surface area contributed by atoms with E-state index in [1.165, 1.54) is 18.2 Å². The van der Waals surface area contributed by atoms with Crippen molar-refractivity contribution in [1.29, 1.82) is 0 Å². The maximum atomic E-state index is 12.2. The first-order valence-electron chi connectivity index (χ1n) is 4.84. The molecule has 96 valence electrons. The fourth-order valence-electron chi connectivity index (χ4n) is 1.36. The summed E-state index contributed by atoms with van der Waals surface area (Å²) in [5.41, 5.74) is 11.4. The van der Waals surface area contributed by atoms with Gasteiger partial charge in [-0.25, -0.2) is 0 Å². The Balaban J connectivity index is 3.03. The van der Waals surface area contributed by atoms with E-state index >= 15 is 0 Å². The van der Waals surface area contributed by atoms with Gasteiger partial charge in [0, 0.05) is 16.1 Å². The van der Waals surface area contributed by atoms with Crippen LogP contribution in [0.25, 0.3) is 0 Å². The normalized spacial score (nSPS) is 13.5. The lowest BCUT2D eigenvalue weighted by atomic mass is 10.0. The summed E-state index contributed by atoms with van der Waals surface area (Å²) in [6.07, 6.45) is -4.35. The molecule has 0 radical (unpaired) electrons. The van der Waals surface area contributed by atoms with Crippen LogP contribution in [0, 0.1) is 0 Å². The highest BCUT2D eigenvalue weighted by molar-refractivity contribution is 9.10. The standard InChI is InChI=1S/C10H12BrF3N2O/c11-6-1-2-9(17-10(12,13)14)7(5-6)8(16)3-4-15/h1-2,5,8H,3-4,15-16H2/t8-/m1/s1. The quantitative estimate of drug-likeness (QED) is 0.898. The Hall–Kier alpha value is -0.790. The van der Waals surface area contributed by atoms with Gasteiger partial charge in [0.15, 0.2) is 0 Å². The second-order valence-electron chi connectivity index (χ2n) is 3.41. The minimum atomic E-state index is -4.73. The SMILES string of the molecule is NCC[C@@H](N)c1cc(Br)ccc1OC(F)(F)F. The van der Waals surface area contributed by atoms with Crippen LogP contribution in [0.3, 0.4) is 0 Å². The molecule has 0 aromatic heterocycles. The van der Waals surface area contributed by atoms with Crippen LogP contribution in [0.2, 0.25) is 0 Å². The lowest BCUT2D eigenvalue weighted by Crippen LogP contribution is -2.21. The van der Waals surface area contributed by atoms with Crippen molar-refractivity contribution in [2.75, 3.05) is 6.54 Å². The van der Waals surface area contributed by atoms with Gasteiger partial charge >= 0.3 is 6.36 Å². The fourth-order valence-corrected chi connectivity index (χ4v) is 1.74. The number of nitrogens with two attached hydrogens (primary N) is 2. The van der Waals surface area contributed by atoms with E-state index in [4.69, 9.17) is 11.5 Å². The summed E-state index contributed by atoms with van der Waals surface area (Å²) < 4.78 is 41.1. The van der Waals surface area contributed by atoms with Gasteiger partial charge in [0.05, 0.1) is 0 Å². The van der Waals surface area contributed by atoms with Gasteiger partial charge in [0.1, 0.15) is 5.75 Å². The molecule has 1 rings (SSSR count). The second-order valence-corrected chi connectivity index (χ2v) is 4.33. The van der Waals surface area contributed by atoms with Gasteiger partial charge in [-0.05, 0) is 31.2 Å². The first-order valence-corrected chi connectivity index (χ1v) is 5.63. The summed E-state index contributed by atoms with van der Waals surface area (Å²) in [5.74, 6) is -0.290. The average molecular weight is 313 g/mol. The summed E-state index contributed by atoms with van der Waals surface area (Å²) >= 11 is 3.17. The van der Waals surface area contributed by atoms with E-state index in [0.717, 1.165) is 0 Å². The molecule has 0 fully saturated rings.